The van der Waals surface area contributed by atoms with Crippen molar-refractivity contribution in [2.24, 2.45) is 0 Å². The van der Waals surface area contributed by atoms with Gasteiger partial charge in [0.15, 0.2) is 5.82 Å². The molecule has 0 unspecified atom stereocenters. The lowest BCUT2D eigenvalue weighted by Gasteiger charge is -2.20. The number of ether oxygens (including phenoxy) is 1. The summed E-state index contributed by atoms with van der Waals surface area (Å²) in [5.74, 6) is -0.311. The van der Waals surface area contributed by atoms with Crippen LogP contribution >= 0.6 is 0 Å². The molecule has 202 valence electrons. The smallest absolute Gasteiger partial charge is 0.433 e. The van der Waals surface area contributed by atoms with Crippen molar-refractivity contribution < 1.29 is 35.9 Å². The van der Waals surface area contributed by atoms with Crippen molar-refractivity contribution in [2.75, 3.05) is 12.4 Å². The van der Waals surface area contributed by atoms with Gasteiger partial charge in [0.2, 0.25) is 5.91 Å². The van der Waals surface area contributed by atoms with Crippen LogP contribution in [0.4, 0.5) is 32.0 Å². The van der Waals surface area contributed by atoms with Gasteiger partial charge in [0.25, 0.3) is 0 Å². The molecule has 0 saturated heterocycles. The second-order valence-electron chi connectivity index (χ2n) is 8.89. The molecule has 0 bridgehead atoms. The number of benzene rings is 2. The minimum absolute atomic E-state index is 0.0453. The van der Waals surface area contributed by atoms with E-state index in [1.165, 1.54) is 31.4 Å². The summed E-state index contributed by atoms with van der Waals surface area (Å²) in [6.45, 7) is 0. The van der Waals surface area contributed by atoms with Gasteiger partial charge in [0.05, 0.1) is 18.1 Å². The highest BCUT2D eigenvalue weighted by Crippen LogP contribution is 2.53. The predicted molar refractivity (Wildman–Crippen MR) is 125 cm³/mol. The molecule has 1 amide bonds. The number of hydrogen-bond donors (Lipinski definition) is 2. The number of nitrogens with one attached hydrogen (secondary N) is 2. The molecule has 2 heterocycles. The highest BCUT2D eigenvalue weighted by molar-refractivity contribution is 6.02. The molecule has 14 heteroatoms. The second kappa shape index (κ2) is 9.36. The number of carbonyl (C=O) groups is 1. The molecule has 39 heavy (non-hydrogen) atoms. The van der Waals surface area contributed by atoms with Crippen LogP contribution in [-0.2, 0) is 22.6 Å². The number of alkyl halides is 6. The Labute approximate surface area is 216 Å². The molecule has 1 aliphatic carbocycles. The van der Waals surface area contributed by atoms with E-state index < -0.39 is 34.9 Å². The van der Waals surface area contributed by atoms with Crippen LogP contribution in [-0.4, -0.2) is 38.6 Å². The van der Waals surface area contributed by atoms with E-state index in [1.54, 1.807) is 6.07 Å². The number of carbonyl (C=O) groups excluding carboxylic acids is 1. The number of methoxy groups -OCH3 is 1. The van der Waals surface area contributed by atoms with Gasteiger partial charge in [0.1, 0.15) is 11.4 Å². The van der Waals surface area contributed by atoms with E-state index in [0.29, 0.717) is 40.8 Å². The highest BCUT2D eigenvalue weighted by atomic mass is 19.4. The first-order chi connectivity index (χ1) is 18.4. The van der Waals surface area contributed by atoms with E-state index in [-0.39, 0.29) is 11.6 Å². The van der Waals surface area contributed by atoms with Gasteiger partial charge in [-0.2, -0.15) is 26.3 Å². The Kier molecular flexibility index (Phi) is 6.27. The van der Waals surface area contributed by atoms with Gasteiger partial charge in [-0.05, 0) is 59.2 Å². The Morgan fingerprint density at radius 2 is 1.74 bits per heavy atom. The third-order valence-electron chi connectivity index (χ3n) is 6.47. The highest BCUT2D eigenvalue weighted by Gasteiger charge is 2.53. The fourth-order valence-corrected chi connectivity index (χ4v) is 4.32. The maximum absolute atomic E-state index is 13.4. The van der Waals surface area contributed by atoms with Crippen LogP contribution in [0, 0.1) is 0 Å². The lowest BCUT2D eigenvalue weighted by atomic mass is 9.92. The van der Waals surface area contributed by atoms with E-state index in [2.05, 4.69) is 30.9 Å². The summed E-state index contributed by atoms with van der Waals surface area (Å²) in [5, 5.41) is 16.3. The Hall–Kier alpha value is -4.49. The summed E-state index contributed by atoms with van der Waals surface area (Å²) in [7, 11) is 1.24. The largest absolute Gasteiger partial charge is 0.496 e. The first-order valence-electron chi connectivity index (χ1n) is 11.4. The Morgan fingerprint density at radius 1 is 0.974 bits per heavy atom. The van der Waals surface area contributed by atoms with Gasteiger partial charge in [-0.15, -0.1) is 5.10 Å². The standard InChI is InChI=1S/C25H18F6N6O2/c1-39-19-10-14(24(26,27)28)3-6-18(19)23(8-9-23)22(38)33-15-4-5-16(17(11-15)21-34-36-37-35-21)13-2-7-20(32-12-13)25(29,30)31/h2-7,10-12H,8-9H2,1H3,(H,33,38)(H,34,35,36,37). The molecule has 0 atom stereocenters. The molecular weight excluding hydrogens is 530 g/mol. The lowest BCUT2D eigenvalue weighted by molar-refractivity contribution is -0.141. The summed E-state index contributed by atoms with van der Waals surface area (Å²) in [6.07, 6.45) is -7.30. The van der Waals surface area contributed by atoms with Crippen LogP contribution in [0.25, 0.3) is 22.5 Å². The van der Waals surface area contributed by atoms with Crippen LogP contribution in [0.5, 0.6) is 5.75 Å². The number of tetrazole rings is 1. The number of nitrogens with zero attached hydrogens (tertiary/aromatic N) is 4. The van der Waals surface area contributed by atoms with Gasteiger partial charge < -0.3 is 10.1 Å². The monoisotopic (exact) mass is 548 g/mol. The Balaban J connectivity index is 1.46. The molecule has 4 aromatic rings. The van der Waals surface area contributed by atoms with Crippen LogP contribution in [0.15, 0.2) is 54.7 Å². The average molecular weight is 548 g/mol. The van der Waals surface area contributed by atoms with E-state index in [0.717, 1.165) is 24.4 Å². The summed E-state index contributed by atoms with van der Waals surface area (Å²) < 4.78 is 83.6. The van der Waals surface area contributed by atoms with Gasteiger partial charge in [-0.1, -0.05) is 18.2 Å². The first-order valence-corrected chi connectivity index (χ1v) is 11.4. The fourth-order valence-electron chi connectivity index (χ4n) is 4.32. The number of halogens is 6. The molecule has 1 fully saturated rings. The maximum atomic E-state index is 13.4. The van der Waals surface area contributed by atoms with Crippen LogP contribution in [0.2, 0.25) is 0 Å². The average Bonchev–Trinajstić information content (AvgIpc) is 3.53. The number of pyridine rings is 1. The summed E-state index contributed by atoms with van der Waals surface area (Å²) >= 11 is 0. The number of hydrogen-bond acceptors (Lipinski definition) is 6. The third kappa shape index (κ3) is 5.01. The first kappa shape index (κ1) is 26.1. The number of H-pyrrole nitrogens is 1. The molecule has 8 nitrogen and oxygen atoms in total. The normalized spacial score (nSPS) is 14.6. The van der Waals surface area contributed by atoms with Crippen molar-refractivity contribution in [3.63, 3.8) is 0 Å². The molecular formula is C25H18F6N6O2. The summed E-state index contributed by atoms with van der Waals surface area (Å²) in [6, 6.07) is 9.77. The molecule has 2 N–H and O–H groups in total. The van der Waals surface area contributed by atoms with Crippen molar-refractivity contribution >= 4 is 11.6 Å². The number of anilines is 1. The topological polar surface area (TPSA) is 106 Å². The minimum atomic E-state index is -4.60. The predicted octanol–water partition coefficient (Wildman–Crippen LogP) is 5.65. The fraction of sp³-hybridized carbons (Fsp3) is 0.240. The molecule has 1 saturated carbocycles. The van der Waals surface area contributed by atoms with Gasteiger partial charge in [0, 0.05) is 28.6 Å². The molecule has 0 spiro atoms. The van der Waals surface area contributed by atoms with Crippen LogP contribution < -0.4 is 10.1 Å². The molecule has 2 aromatic carbocycles. The quantitative estimate of drug-likeness (QED) is 0.302. The van der Waals surface area contributed by atoms with Gasteiger partial charge >= 0.3 is 12.4 Å². The number of aromatic nitrogens is 5. The zero-order valence-electron chi connectivity index (χ0n) is 20.0. The molecule has 1 aliphatic rings. The molecule has 5 rings (SSSR count). The molecule has 0 aliphatic heterocycles. The van der Waals surface area contributed by atoms with Crippen molar-refractivity contribution in [1.29, 1.82) is 0 Å². The van der Waals surface area contributed by atoms with E-state index in [1.807, 2.05) is 0 Å². The zero-order valence-corrected chi connectivity index (χ0v) is 20.0. The third-order valence-corrected chi connectivity index (χ3v) is 6.47. The number of aromatic amines is 1. The van der Waals surface area contributed by atoms with E-state index in [9.17, 15) is 31.1 Å². The van der Waals surface area contributed by atoms with Crippen molar-refractivity contribution in [1.82, 2.24) is 25.6 Å². The maximum Gasteiger partial charge on any atom is 0.433 e. The Morgan fingerprint density at radius 3 is 2.31 bits per heavy atom. The SMILES string of the molecule is COc1cc(C(F)(F)F)ccc1C1(C(=O)Nc2ccc(-c3ccc(C(F)(F)F)nc3)c(-c3nnn[nH]3)c2)CC1. The summed E-state index contributed by atoms with van der Waals surface area (Å²) in [5.41, 5.74) is -1.21. The number of rotatable bonds is 6. The Bertz CT molecular complexity index is 1510. The zero-order chi connectivity index (χ0) is 28.0. The minimum Gasteiger partial charge on any atom is -0.496 e. The van der Waals surface area contributed by atoms with Crippen molar-refractivity contribution in [3.05, 3.63) is 71.5 Å². The van der Waals surface area contributed by atoms with Gasteiger partial charge in [-0.25, -0.2) is 5.10 Å². The van der Waals surface area contributed by atoms with Crippen LogP contribution in [0.1, 0.15) is 29.7 Å². The lowest BCUT2D eigenvalue weighted by Crippen LogP contribution is -2.28. The van der Waals surface area contributed by atoms with Crippen LogP contribution in [0.3, 0.4) is 0 Å². The van der Waals surface area contributed by atoms with E-state index >= 15 is 0 Å². The van der Waals surface area contributed by atoms with Crippen molar-refractivity contribution in [2.45, 2.75) is 30.6 Å². The number of amides is 1. The second-order valence-corrected chi connectivity index (χ2v) is 8.89. The van der Waals surface area contributed by atoms with Crippen molar-refractivity contribution in [3.8, 4) is 28.3 Å². The molecule has 0 radical (unpaired) electrons. The van der Waals surface area contributed by atoms with Gasteiger partial charge in [-0.3, -0.25) is 9.78 Å². The van der Waals surface area contributed by atoms with E-state index in [4.69, 9.17) is 4.74 Å². The summed E-state index contributed by atoms with van der Waals surface area (Å²) in [4.78, 5) is 16.9. The molecule has 2 aromatic heterocycles.